The van der Waals surface area contributed by atoms with E-state index in [0.717, 1.165) is 16.6 Å². The highest BCUT2D eigenvalue weighted by Gasteiger charge is 2.21. The first-order valence-corrected chi connectivity index (χ1v) is 7.35. The summed E-state index contributed by atoms with van der Waals surface area (Å²) < 4.78 is 17.0. The lowest BCUT2D eigenvalue weighted by atomic mass is 10.1. The predicted octanol–water partition coefficient (Wildman–Crippen LogP) is 2.73. The van der Waals surface area contributed by atoms with Crippen LogP contribution in [0, 0.1) is 0 Å². The van der Waals surface area contributed by atoms with Gasteiger partial charge in [-0.3, -0.25) is 14.1 Å². The molecule has 2 N–H and O–H groups in total. The van der Waals surface area contributed by atoms with Crippen molar-refractivity contribution in [2.45, 2.75) is 26.1 Å². The van der Waals surface area contributed by atoms with E-state index in [-0.39, 0.29) is 12.2 Å². The van der Waals surface area contributed by atoms with Gasteiger partial charge in [-0.1, -0.05) is 6.07 Å². The third-order valence-corrected chi connectivity index (χ3v) is 3.77. The molecular weight excluding hydrogens is 295 g/mol. The monoisotopic (exact) mass is 314 g/mol. The number of imidazole rings is 1. The van der Waals surface area contributed by atoms with Gasteiger partial charge < -0.3 is 5.73 Å². The molecule has 0 aliphatic rings. The van der Waals surface area contributed by atoms with E-state index in [4.69, 9.17) is 5.73 Å². The van der Waals surface area contributed by atoms with Gasteiger partial charge in [-0.05, 0) is 37.6 Å². The zero-order chi connectivity index (χ0) is 16.8. The lowest BCUT2D eigenvalue weighted by molar-refractivity contribution is 0.186. The highest BCUT2D eigenvalue weighted by atomic mass is 19.1. The SMILES string of the molecule is Cn1c(=O)n(CC(C)(C)F)c2ccc(-c3cncc(N)c3)cc21. The summed E-state index contributed by atoms with van der Waals surface area (Å²) in [6.07, 6.45) is 3.30. The number of aryl methyl sites for hydroxylation is 1. The minimum Gasteiger partial charge on any atom is -0.397 e. The molecule has 23 heavy (non-hydrogen) atoms. The van der Waals surface area contributed by atoms with Crippen LogP contribution in [0.15, 0.2) is 41.5 Å². The highest BCUT2D eigenvalue weighted by molar-refractivity contribution is 5.83. The summed E-state index contributed by atoms with van der Waals surface area (Å²) in [7, 11) is 1.69. The van der Waals surface area contributed by atoms with Crippen LogP contribution in [-0.2, 0) is 13.6 Å². The summed E-state index contributed by atoms with van der Waals surface area (Å²) in [6.45, 7) is 2.94. The van der Waals surface area contributed by atoms with Crippen LogP contribution in [-0.4, -0.2) is 19.8 Å². The number of benzene rings is 1. The molecule has 0 fully saturated rings. The van der Waals surface area contributed by atoms with Gasteiger partial charge >= 0.3 is 5.69 Å². The number of anilines is 1. The van der Waals surface area contributed by atoms with Crippen molar-refractivity contribution in [3.05, 3.63) is 47.1 Å². The number of hydrogen-bond acceptors (Lipinski definition) is 3. The Bertz CT molecular complexity index is 934. The summed E-state index contributed by atoms with van der Waals surface area (Å²) in [4.78, 5) is 16.5. The molecule has 3 aromatic rings. The second-order valence-corrected chi connectivity index (χ2v) is 6.36. The van der Waals surface area contributed by atoms with Crippen molar-refractivity contribution in [3.63, 3.8) is 0 Å². The number of rotatable bonds is 3. The van der Waals surface area contributed by atoms with Crippen molar-refractivity contribution in [1.29, 1.82) is 0 Å². The molecule has 0 aliphatic carbocycles. The van der Waals surface area contributed by atoms with Gasteiger partial charge in [0.15, 0.2) is 0 Å². The molecule has 0 bridgehead atoms. The summed E-state index contributed by atoms with van der Waals surface area (Å²) >= 11 is 0. The Hall–Kier alpha value is -2.63. The number of nitrogens with two attached hydrogens (primary N) is 1. The van der Waals surface area contributed by atoms with E-state index in [9.17, 15) is 9.18 Å². The molecule has 3 rings (SSSR count). The maximum Gasteiger partial charge on any atom is 0.328 e. The second kappa shape index (κ2) is 5.22. The fourth-order valence-corrected chi connectivity index (χ4v) is 2.73. The Morgan fingerprint density at radius 3 is 2.57 bits per heavy atom. The van der Waals surface area contributed by atoms with Gasteiger partial charge in [0.1, 0.15) is 5.67 Å². The molecular formula is C17H19FN4O. The molecule has 0 saturated heterocycles. The third-order valence-electron chi connectivity index (χ3n) is 3.77. The van der Waals surface area contributed by atoms with Crippen LogP contribution in [0.2, 0.25) is 0 Å². The Morgan fingerprint density at radius 1 is 1.17 bits per heavy atom. The molecule has 0 aliphatic heterocycles. The molecule has 0 amide bonds. The van der Waals surface area contributed by atoms with E-state index in [1.165, 1.54) is 23.0 Å². The number of hydrogen-bond donors (Lipinski definition) is 1. The van der Waals surface area contributed by atoms with Crippen molar-refractivity contribution >= 4 is 16.7 Å². The van der Waals surface area contributed by atoms with Crippen LogP contribution in [0.1, 0.15) is 13.8 Å². The number of nitrogen functional groups attached to an aromatic ring is 1. The topological polar surface area (TPSA) is 65.8 Å². The number of nitrogens with zero attached hydrogens (tertiary/aromatic N) is 3. The van der Waals surface area contributed by atoms with Crippen molar-refractivity contribution in [1.82, 2.24) is 14.1 Å². The zero-order valence-corrected chi connectivity index (χ0v) is 13.4. The second-order valence-electron chi connectivity index (χ2n) is 6.36. The molecule has 0 radical (unpaired) electrons. The third kappa shape index (κ3) is 2.84. The molecule has 2 heterocycles. The van der Waals surface area contributed by atoms with Crippen molar-refractivity contribution < 1.29 is 4.39 Å². The van der Waals surface area contributed by atoms with Gasteiger partial charge in [0.2, 0.25) is 0 Å². The number of fused-ring (bicyclic) bond motifs is 1. The van der Waals surface area contributed by atoms with Crippen LogP contribution in [0.5, 0.6) is 0 Å². The predicted molar refractivity (Wildman–Crippen MR) is 90.0 cm³/mol. The fourth-order valence-electron chi connectivity index (χ4n) is 2.73. The average Bonchev–Trinajstić information content (AvgIpc) is 2.71. The standard InChI is InChI=1S/C17H19FN4O/c1-17(2,18)10-22-14-5-4-11(7-15(14)21(3)16(22)23)12-6-13(19)9-20-8-12/h4-9H,10,19H2,1-3H3. The van der Waals surface area contributed by atoms with Gasteiger partial charge in [0, 0.05) is 25.0 Å². The molecule has 1 aromatic carbocycles. The molecule has 5 nitrogen and oxygen atoms in total. The number of aromatic nitrogens is 3. The summed E-state index contributed by atoms with van der Waals surface area (Å²) in [5, 5.41) is 0. The smallest absolute Gasteiger partial charge is 0.328 e. The Balaban J connectivity index is 2.18. The van der Waals surface area contributed by atoms with Gasteiger partial charge in [0.25, 0.3) is 0 Å². The van der Waals surface area contributed by atoms with Crippen LogP contribution in [0.3, 0.4) is 0 Å². The minimum absolute atomic E-state index is 0.0162. The minimum atomic E-state index is -1.46. The quantitative estimate of drug-likeness (QED) is 0.808. The lowest BCUT2D eigenvalue weighted by Crippen LogP contribution is -2.30. The largest absolute Gasteiger partial charge is 0.397 e. The fraction of sp³-hybridized carbons (Fsp3) is 0.294. The van der Waals surface area contributed by atoms with Gasteiger partial charge in [0.05, 0.1) is 23.3 Å². The molecule has 0 atom stereocenters. The molecule has 0 unspecified atom stereocenters. The summed E-state index contributed by atoms with van der Waals surface area (Å²) in [5.74, 6) is 0. The van der Waals surface area contributed by atoms with E-state index in [1.54, 1.807) is 19.4 Å². The number of pyridine rings is 1. The normalized spacial score (nSPS) is 12.0. The van der Waals surface area contributed by atoms with Crippen molar-refractivity contribution in [2.24, 2.45) is 7.05 Å². The Kier molecular flexibility index (Phi) is 3.47. The van der Waals surface area contributed by atoms with Crippen LogP contribution >= 0.6 is 0 Å². The molecule has 0 spiro atoms. The van der Waals surface area contributed by atoms with E-state index >= 15 is 0 Å². The van der Waals surface area contributed by atoms with E-state index < -0.39 is 5.67 Å². The van der Waals surface area contributed by atoms with Crippen molar-refractivity contribution in [3.8, 4) is 11.1 Å². The van der Waals surface area contributed by atoms with Gasteiger partial charge in [-0.2, -0.15) is 0 Å². The highest BCUT2D eigenvalue weighted by Crippen LogP contribution is 2.25. The van der Waals surface area contributed by atoms with E-state index in [0.29, 0.717) is 11.2 Å². The first-order valence-electron chi connectivity index (χ1n) is 7.35. The zero-order valence-electron chi connectivity index (χ0n) is 13.4. The Morgan fingerprint density at radius 2 is 1.91 bits per heavy atom. The Labute approximate surface area is 133 Å². The molecule has 2 aromatic heterocycles. The van der Waals surface area contributed by atoms with E-state index in [1.807, 2.05) is 24.3 Å². The summed E-state index contributed by atoms with van der Waals surface area (Å²) in [6, 6.07) is 7.45. The van der Waals surface area contributed by atoms with Crippen LogP contribution in [0.4, 0.5) is 10.1 Å². The van der Waals surface area contributed by atoms with Gasteiger partial charge in [-0.25, -0.2) is 9.18 Å². The molecule has 0 saturated carbocycles. The molecule has 120 valence electrons. The number of halogens is 1. The molecule has 6 heteroatoms. The summed E-state index contributed by atoms with van der Waals surface area (Å²) in [5.41, 5.74) is 7.90. The first kappa shape index (κ1) is 15.3. The maximum atomic E-state index is 14.0. The first-order chi connectivity index (χ1) is 10.8. The van der Waals surface area contributed by atoms with Crippen LogP contribution < -0.4 is 11.4 Å². The lowest BCUT2D eigenvalue weighted by Gasteiger charge is -2.14. The number of alkyl halides is 1. The van der Waals surface area contributed by atoms with Crippen molar-refractivity contribution in [2.75, 3.05) is 5.73 Å². The average molecular weight is 314 g/mol. The van der Waals surface area contributed by atoms with Gasteiger partial charge in [-0.15, -0.1) is 0 Å². The van der Waals surface area contributed by atoms with Crippen LogP contribution in [0.25, 0.3) is 22.2 Å². The maximum absolute atomic E-state index is 14.0. The van der Waals surface area contributed by atoms with E-state index in [2.05, 4.69) is 4.98 Å².